The number of hydrogen-bond acceptors (Lipinski definition) is 2. The molecule has 0 spiro atoms. The highest BCUT2D eigenvalue weighted by Gasteiger charge is 2.15. The topological polar surface area (TPSA) is 21.3 Å². The van der Waals surface area contributed by atoms with Gasteiger partial charge in [-0.2, -0.15) is 0 Å². The first-order chi connectivity index (χ1) is 10.0. The standard InChI is InChI=1S/C18H22ClNO/c1-12(2)13(3)17-11-16(8-9-18(17)20-4)21-15-7-5-6-14(19)10-15/h5-13,20H,1-4H3. The summed E-state index contributed by atoms with van der Waals surface area (Å²) < 4.78 is 5.92. The van der Waals surface area contributed by atoms with Crippen LogP contribution >= 0.6 is 11.6 Å². The Morgan fingerprint density at radius 1 is 1.00 bits per heavy atom. The molecule has 0 bridgehead atoms. The van der Waals surface area contributed by atoms with Crippen molar-refractivity contribution in [2.45, 2.75) is 26.7 Å². The molecule has 0 radical (unpaired) electrons. The first kappa shape index (κ1) is 15.7. The van der Waals surface area contributed by atoms with Crippen LogP contribution in [0.15, 0.2) is 42.5 Å². The lowest BCUT2D eigenvalue weighted by Gasteiger charge is -2.20. The first-order valence-electron chi connectivity index (χ1n) is 7.26. The van der Waals surface area contributed by atoms with Crippen LogP contribution in [-0.4, -0.2) is 7.05 Å². The summed E-state index contributed by atoms with van der Waals surface area (Å²) in [5, 5.41) is 3.93. The van der Waals surface area contributed by atoms with Gasteiger partial charge in [-0.05, 0) is 53.8 Å². The zero-order chi connectivity index (χ0) is 15.4. The Morgan fingerprint density at radius 3 is 2.33 bits per heavy atom. The van der Waals surface area contributed by atoms with Crippen LogP contribution in [0.1, 0.15) is 32.3 Å². The lowest BCUT2D eigenvalue weighted by Crippen LogP contribution is -2.06. The van der Waals surface area contributed by atoms with E-state index in [1.807, 2.05) is 37.4 Å². The molecule has 1 unspecified atom stereocenters. The summed E-state index contributed by atoms with van der Waals surface area (Å²) in [7, 11) is 1.95. The van der Waals surface area contributed by atoms with Gasteiger partial charge >= 0.3 is 0 Å². The summed E-state index contributed by atoms with van der Waals surface area (Å²) in [6.45, 7) is 6.70. The molecule has 21 heavy (non-hydrogen) atoms. The van der Waals surface area contributed by atoms with Crippen LogP contribution < -0.4 is 10.1 Å². The lowest BCUT2D eigenvalue weighted by atomic mass is 9.89. The van der Waals surface area contributed by atoms with Crippen LogP contribution in [0.3, 0.4) is 0 Å². The van der Waals surface area contributed by atoms with E-state index < -0.39 is 0 Å². The summed E-state index contributed by atoms with van der Waals surface area (Å²) in [6, 6.07) is 13.6. The number of ether oxygens (including phenoxy) is 1. The summed E-state index contributed by atoms with van der Waals surface area (Å²) in [4.78, 5) is 0. The van der Waals surface area contributed by atoms with Gasteiger partial charge in [-0.3, -0.25) is 0 Å². The summed E-state index contributed by atoms with van der Waals surface area (Å²) in [6.07, 6.45) is 0. The molecule has 1 N–H and O–H groups in total. The van der Waals surface area contributed by atoms with Crippen LogP contribution in [0.25, 0.3) is 0 Å². The average molecular weight is 304 g/mol. The van der Waals surface area contributed by atoms with E-state index >= 15 is 0 Å². The Morgan fingerprint density at radius 2 is 1.71 bits per heavy atom. The van der Waals surface area contributed by atoms with E-state index in [1.54, 1.807) is 0 Å². The molecular weight excluding hydrogens is 282 g/mol. The van der Waals surface area contributed by atoms with Crippen molar-refractivity contribution >= 4 is 17.3 Å². The van der Waals surface area contributed by atoms with Crippen molar-refractivity contribution in [1.82, 2.24) is 0 Å². The first-order valence-corrected chi connectivity index (χ1v) is 7.64. The van der Waals surface area contributed by atoms with Crippen LogP contribution in [0.5, 0.6) is 11.5 Å². The summed E-state index contributed by atoms with van der Waals surface area (Å²) >= 11 is 5.99. The third-order valence-corrected chi connectivity index (χ3v) is 4.05. The maximum Gasteiger partial charge on any atom is 0.128 e. The van der Waals surface area contributed by atoms with Gasteiger partial charge < -0.3 is 10.1 Å². The minimum Gasteiger partial charge on any atom is -0.457 e. The van der Waals surface area contributed by atoms with Gasteiger partial charge in [-0.1, -0.05) is 38.4 Å². The Hall–Kier alpha value is -1.67. The Bertz CT molecular complexity index is 610. The van der Waals surface area contributed by atoms with Gasteiger partial charge in [0, 0.05) is 17.8 Å². The third-order valence-electron chi connectivity index (χ3n) is 3.81. The molecule has 1 atom stereocenters. The Labute approximate surface area is 132 Å². The molecule has 2 aromatic carbocycles. The molecule has 0 aliphatic heterocycles. The maximum absolute atomic E-state index is 5.99. The number of hydrogen-bond donors (Lipinski definition) is 1. The van der Waals surface area contributed by atoms with Crippen molar-refractivity contribution < 1.29 is 4.74 Å². The zero-order valence-corrected chi connectivity index (χ0v) is 13.7. The lowest BCUT2D eigenvalue weighted by molar-refractivity contribution is 0.478. The number of anilines is 1. The molecule has 0 fully saturated rings. The molecule has 2 nitrogen and oxygen atoms in total. The van der Waals surface area contributed by atoms with Gasteiger partial charge in [0.2, 0.25) is 0 Å². The fourth-order valence-electron chi connectivity index (χ4n) is 2.23. The predicted molar refractivity (Wildman–Crippen MR) is 90.8 cm³/mol. The van der Waals surface area contributed by atoms with E-state index in [1.165, 1.54) is 5.56 Å². The molecule has 0 aliphatic carbocycles. The van der Waals surface area contributed by atoms with E-state index in [2.05, 4.69) is 38.2 Å². The second kappa shape index (κ2) is 6.86. The number of benzene rings is 2. The third kappa shape index (κ3) is 3.92. The van der Waals surface area contributed by atoms with Crippen molar-refractivity contribution in [1.29, 1.82) is 0 Å². The van der Waals surface area contributed by atoms with E-state index in [9.17, 15) is 0 Å². The van der Waals surface area contributed by atoms with Gasteiger partial charge in [0.05, 0.1) is 0 Å². The molecule has 0 saturated carbocycles. The van der Waals surface area contributed by atoms with E-state index in [-0.39, 0.29) is 0 Å². The number of halogens is 1. The fraction of sp³-hybridized carbons (Fsp3) is 0.333. The molecule has 2 aromatic rings. The highest BCUT2D eigenvalue weighted by atomic mass is 35.5. The van der Waals surface area contributed by atoms with Gasteiger partial charge in [-0.25, -0.2) is 0 Å². The van der Waals surface area contributed by atoms with Crippen molar-refractivity contribution in [2.24, 2.45) is 5.92 Å². The monoisotopic (exact) mass is 303 g/mol. The second-order valence-electron chi connectivity index (χ2n) is 5.59. The largest absolute Gasteiger partial charge is 0.457 e. The van der Waals surface area contributed by atoms with Crippen molar-refractivity contribution in [3.05, 3.63) is 53.1 Å². The molecule has 3 heteroatoms. The summed E-state index contributed by atoms with van der Waals surface area (Å²) in [5.41, 5.74) is 2.42. The van der Waals surface area contributed by atoms with Crippen LogP contribution in [-0.2, 0) is 0 Å². The average Bonchev–Trinajstić information content (AvgIpc) is 2.46. The molecule has 112 valence electrons. The smallest absolute Gasteiger partial charge is 0.128 e. The maximum atomic E-state index is 5.99. The Kier molecular flexibility index (Phi) is 5.13. The SMILES string of the molecule is CNc1ccc(Oc2cccc(Cl)c2)cc1C(C)C(C)C. The van der Waals surface area contributed by atoms with Crippen LogP contribution in [0.2, 0.25) is 5.02 Å². The molecule has 2 rings (SSSR count). The van der Waals surface area contributed by atoms with Crippen molar-refractivity contribution in [3.63, 3.8) is 0 Å². The fourth-order valence-corrected chi connectivity index (χ4v) is 2.41. The Balaban J connectivity index is 2.31. The van der Waals surface area contributed by atoms with Gasteiger partial charge in [0.15, 0.2) is 0 Å². The summed E-state index contributed by atoms with van der Waals surface area (Å²) in [5.74, 6) is 2.61. The van der Waals surface area contributed by atoms with E-state index in [4.69, 9.17) is 16.3 Å². The molecule has 0 saturated heterocycles. The number of rotatable bonds is 5. The molecule has 0 heterocycles. The van der Waals surface area contributed by atoms with E-state index in [0.717, 1.165) is 17.2 Å². The normalized spacial score (nSPS) is 12.3. The second-order valence-corrected chi connectivity index (χ2v) is 6.03. The minimum atomic E-state index is 0.454. The number of nitrogens with one attached hydrogen (secondary N) is 1. The zero-order valence-electron chi connectivity index (χ0n) is 13.0. The van der Waals surface area contributed by atoms with Crippen molar-refractivity contribution in [2.75, 3.05) is 12.4 Å². The quantitative estimate of drug-likeness (QED) is 0.738. The molecule has 0 aliphatic rings. The molecular formula is C18H22ClNO. The highest BCUT2D eigenvalue weighted by molar-refractivity contribution is 6.30. The van der Waals surface area contributed by atoms with Gasteiger partial charge in [0.1, 0.15) is 11.5 Å². The minimum absolute atomic E-state index is 0.454. The van der Waals surface area contributed by atoms with E-state index in [0.29, 0.717) is 16.9 Å². The molecule has 0 aromatic heterocycles. The predicted octanol–water partition coefficient (Wildman–Crippen LogP) is 5.93. The molecule has 0 amide bonds. The van der Waals surface area contributed by atoms with Gasteiger partial charge in [0.25, 0.3) is 0 Å². The van der Waals surface area contributed by atoms with Gasteiger partial charge in [-0.15, -0.1) is 0 Å². The van der Waals surface area contributed by atoms with Crippen LogP contribution in [0.4, 0.5) is 5.69 Å². The van der Waals surface area contributed by atoms with Crippen LogP contribution in [0, 0.1) is 5.92 Å². The van der Waals surface area contributed by atoms with Crippen molar-refractivity contribution in [3.8, 4) is 11.5 Å². The highest BCUT2D eigenvalue weighted by Crippen LogP contribution is 2.34.